The second-order valence-corrected chi connectivity index (χ2v) is 5.04. The Labute approximate surface area is 106 Å². The van der Waals surface area contributed by atoms with Gasteiger partial charge in [0.1, 0.15) is 0 Å². The average molecular weight is 234 g/mol. The molecular weight excluding hydrogens is 208 g/mol. The number of nitrogens with zero attached hydrogens (tertiary/aromatic N) is 1. The first-order valence-electron chi connectivity index (χ1n) is 6.62. The van der Waals surface area contributed by atoms with Gasteiger partial charge in [0, 0.05) is 19.1 Å². The Kier molecular flexibility index (Phi) is 6.23. The second-order valence-electron chi connectivity index (χ2n) is 5.04. The van der Waals surface area contributed by atoms with Crippen molar-refractivity contribution >= 4 is 0 Å². The summed E-state index contributed by atoms with van der Waals surface area (Å²) >= 11 is 0. The zero-order chi connectivity index (χ0) is 12.7. The van der Waals surface area contributed by atoms with Crippen molar-refractivity contribution in [2.75, 3.05) is 13.6 Å². The SMILES string of the molecule is CCCN(C)Cc1ccccc1CNC(C)C. The molecule has 1 N–H and O–H groups in total. The molecule has 0 aliphatic carbocycles. The Morgan fingerprint density at radius 2 is 1.82 bits per heavy atom. The van der Waals surface area contributed by atoms with Gasteiger partial charge in [0.25, 0.3) is 0 Å². The molecule has 0 amide bonds. The van der Waals surface area contributed by atoms with Gasteiger partial charge in [-0.25, -0.2) is 0 Å². The highest BCUT2D eigenvalue weighted by atomic mass is 15.1. The fourth-order valence-corrected chi connectivity index (χ4v) is 1.95. The van der Waals surface area contributed by atoms with Gasteiger partial charge in [0.2, 0.25) is 0 Å². The predicted molar refractivity (Wildman–Crippen MR) is 75.0 cm³/mol. The van der Waals surface area contributed by atoms with E-state index in [-0.39, 0.29) is 0 Å². The van der Waals surface area contributed by atoms with Crippen LogP contribution in [0.15, 0.2) is 24.3 Å². The molecule has 0 bridgehead atoms. The van der Waals surface area contributed by atoms with Crippen molar-refractivity contribution in [3.8, 4) is 0 Å². The number of hydrogen-bond acceptors (Lipinski definition) is 2. The number of hydrogen-bond donors (Lipinski definition) is 1. The highest BCUT2D eigenvalue weighted by Crippen LogP contribution is 2.11. The molecule has 1 aromatic rings. The lowest BCUT2D eigenvalue weighted by molar-refractivity contribution is 0.326. The van der Waals surface area contributed by atoms with Crippen molar-refractivity contribution in [3.05, 3.63) is 35.4 Å². The molecule has 0 fully saturated rings. The molecule has 2 nitrogen and oxygen atoms in total. The smallest absolute Gasteiger partial charge is 0.0233 e. The standard InChI is InChI=1S/C15H26N2/c1-5-10-17(4)12-15-9-7-6-8-14(15)11-16-13(2)3/h6-9,13,16H,5,10-12H2,1-4H3. The normalized spacial score (nSPS) is 11.4. The van der Waals surface area contributed by atoms with E-state index in [1.807, 2.05) is 0 Å². The highest BCUT2D eigenvalue weighted by molar-refractivity contribution is 5.27. The Bertz CT molecular complexity index is 320. The molecule has 0 radical (unpaired) electrons. The number of rotatable bonds is 7. The molecule has 0 saturated carbocycles. The minimum atomic E-state index is 0.538. The molecule has 0 saturated heterocycles. The van der Waals surface area contributed by atoms with Crippen LogP contribution in [-0.4, -0.2) is 24.5 Å². The summed E-state index contributed by atoms with van der Waals surface area (Å²) in [4.78, 5) is 2.38. The summed E-state index contributed by atoms with van der Waals surface area (Å²) < 4.78 is 0. The van der Waals surface area contributed by atoms with E-state index >= 15 is 0 Å². The zero-order valence-electron chi connectivity index (χ0n) is 11.7. The Morgan fingerprint density at radius 3 is 2.41 bits per heavy atom. The fourth-order valence-electron chi connectivity index (χ4n) is 1.95. The largest absolute Gasteiger partial charge is 0.310 e. The van der Waals surface area contributed by atoms with Crippen molar-refractivity contribution in [3.63, 3.8) is 0 Å². The minimum Gasteiger partial charge on any atom is -0.310 e. The lowest BCUT2D eigenvalue weighted by atomic mass is 10.1. The van der Waals surface area contributed by atoms with Crippen molar-refractivity contribution in [2.45, 2.75) is 46.3 Å². The summed E-state index contributed by atoms with van der Waals surface area (Å²) in [5, 5.41) is 3.49. The van der Waals surface area contributed by atoms with Crippen LogP contribution < -0.4 is 5.32 Å². The molecule has 2 heteroatoms. The maximum Gasteiger partial charge on any atom is 0.0233 e. The van der Waals surface area contributed by atoms with Crippen molar-refractivity contribution in [1.29, 1.82) is 0 Å². The summed E-state index contributed by atoms with van der Waals surface area (Å²) in [6.07, 6.45) is 1.21. The van der Waals surface area contributed by atoms with Gasteiger partial charge in [0.15, 0.2) is 0 Å². The molecule has 0 atom stereocenters. The molecule has 1 aromatic carbocycles. The maximum atomic E-state index is 3.49. The average Bonchev–Trinajstić information content (AvgIpc) is 2.28. The van der Waals surface area contributed by atoms with Crippen LogP contribution in [0.1, 0.15) is 38.3 Å². The summed E-state index contributed by atoms with van der Waals surface area (Å²) in [5.41, 5.74) is 2.86. The van der Waals surface area contributed by atoms with Gasteiger partial charge in [0.05, 0.1) is 0 Å². The van der Waals surface area contributed by atoms with Crippen molar-refractivity contribution in [1.82, 2.24) is 10.2 Å². The Morgan fingerprint density at radius 1 is 1.18 bits per heavy atom. The lowest BCUT2D eigenvalue weighted by Crippen LogP contribution is -2.24. The first-order chi connectivity index (χ1) is 8.13. The Hall–Kier alpha value is -0.860. The van der Waals surface area contributed by atoms with E-state index in [0.717, 1.165) is 19.6 Å². The van der Waals surface area contributed by atoms with E-state index < -0.39 is 0 Å². The van der Waals surface area contributed by atoms with Crippen LogP contribution in [0.2, 0.25) is 0 Å². The van der Waals surface area contributed by atoms with Crippen LogP contribution in [0.4, 0.5) is 0 Å². The van der Waals surface area contributed by atoms with Gasteiger partial charge in [-0.3, -0.25) is 0 Å². The summed E-state index contributed by atoms with van der Waals surface area (Å²) in [5.74, 6) is 0. The number of benzene rings is 1. The molecule has 0 unspecified atom stereocenters. The van der Waals surface area contributed by atoms with E-state index in [1.165, 1.54) is 17.5 Å². The third kappa shape index (κ3) is 5.33. The Balaban J connectivity index is 2.63. The van der Waals surface area contributed by atoms with E-state index in [2.05, 4.69) is 62.3 Å². The van der Waals surface area contributed by atoms with E-state index in [4.69, 9.17) is 0 Å². The van der Waals surface area contributed by atoms with Gasteiger partial charge in [-0.15, -0.1) is 0 Å². The van der Waals surface area contributed by atoms with Crippen molar-refractivity contribution < 1.29 is 0 Å². The molecular formula is C15H26N2. The highest BCUT2D eigenvalue weighted by Gasteiger charge is 2.05. The van der Waals surface area contributed by atoms with Gasteiger partial charge in [-0.05, 0) is 31.1 Å². The van der Waals surface area contributed by atoms with Crippen LogP contribution >= 0.6 is 0 Å². The monoisotopic (exact) mass is 234 g/mol. The van der Waals surface area contributed by atoms with E-state index in [9.17, 15) is 0 Å². The molecule has 0 aliphatic rings. The fraction of sp³-hybridized carbons (Fsp3) is 0.600. The van der Waals surface area contributed by atoms with Crippen molar-refractivity contribution in [2.24, 2.45) is 0 Å². The van der Waals surface area contributed by atoms with Crippen LogP contribution in [0.3, 0.4) is 0 Å². The van der Waals surface area contributed by atoms with Crippen LogP contribution in [0.5, 0.6) is 0 Å². The number of nitrogens with one attached hydrogen (secondary N) is 1. The van der Waals surface area contributed by atoms with Gasteiger partial charge >= 0.3 is 0 Å². The third-order valence-corrected chi connectivity index (χ3v) is 2.86. The topological polar surface area (TPSA) is 15.3 Å². The van der Waals surface area contributed by atoms with Gasteiger partial charge in [-0.2, -0.15) is 0 Å². The van der Waals surface area contributed by atoms with Crippen LogP contribution in [0, 0.1) is 0 Å². The molecule has 17 heavy (non-hydrogen) atoms. The van der Waals surface area contributed by atoms with Gasteiger partial charge in [-0.1, -0.05) is 45.0 Å². The molecule has 0 aromatic heterocycles. The molecule has 0 aliphatic heterocycles. The summed E-state index contributed by atoms with van der Waals surface area (Å²) in [7, 11) is 2.19. The molecule has 1 rings (SSSR count). The second kappa shape index (κ2) is 7.46. The van der Waals surface area contributed by atoms with Crippen LogP contribution in [0.25, 0.3) is 0 Å². The van der Waals surface area contributed by atoms with Gasteiger partial charge < -0.3 is 10.2 Å². The lowest BCUT2D eigenvalue weighted by Gasteiger charge is -2.19. The zero-order valence-corrected chi connectivity index (χ0v) is 11.7. The first kappa shape index (κ1) is 14.2. The minimum absolute atomic E-state index is 0.538. The van der Waals surface area contributed by atoms with E-state index in [1.54, 1.807) is 0 Å². The first-order valence-corrected chi connectivity index (χ1v) is 6.62. The third-order valence-electron chi connectivity index (χ3n) is 2.86. The molecule has 0 heterocycles. The predicted octanol–water partition coefficient (Wildman–Crippen LogP) is 3.03. The maximum absolute atomic E-state index is 3.49. The quantitative estimate of drug-likeness (QED) is 0.780. The summed E-state index contributed by atoms with van der Waals surface area (Å²) in [6, 6.07) is 9.26. The van der Waals surface area contributed by atoms with E-state index in [0.29, 0.717) is 6.04 Å². The molecule has 0 spiro atoms. The van der Waals surface area contributed by atoms with Crippen LogP contribution in [-0.2, 0) is 13.1 Å². The molecule has 96 valence electrons. The summed E-state index contributed by atoms with van der Waals surface area (Å²) in [6.45, 7) is 9.77.